The van der Waals surface area contributed by atoms with Crippen molar-refractivity contribution in [2.24, 2.45) is 0 Å². The molecule has 0 saturated heterocycles. The first-order valence-corrected chi connectivity index (χ1v) is 8.86. The van der Waals surface area contributed by atoms with Crippen LogP contribution in [0, 0.1) is 0 Å². The lowest BCUT2D eigenvalue weighted by atomic mass is 9.97. The zero-order valence-electron chi connectivity index (χ0n) is 15.8. The van der Waals surface area contributed by atoms with Crippen LogP contribution in [0.5, 0.6) is 0 Å². The number of nitrogens with one attached hydrogen (secondary N) is 1. The van der Waals surface area contributed by atoms with E-state index in [2.05, 4.69) is 18.8 Å². The summed E-state index contributed by atoms with van der Waals surface area (Å²) in [6.45, 7) is 7.14. The lowest BCUT2D eigenvalue weighted by Gasteiger charge is -2.20. The topological polar surface area (TPSA) is 52.7 Å². The maximum atomic E-state index is 12.5. The number of hydrogen-bond donors (Lipinski definition) is 1. The van der Waals surface area contributed by atoms with Crippen LogP contribution in [0.4, 0.5) is 0 Å². The maximum absolute atomic E-state index is 12.5. The molecule has 5 nitrogen and oxygen atoms in total. The van der Waals surface area contributed by atoms with Crippen molar-refractivity contribution in [2.75, 3.05) is 27.2 Å². The van der Waals surface area contributed by atoms with Gasteiger partial charge in [-0.2, -0.15) is 0 Å². The molecule has 0 aliphatic carbocycles. The lowest BCUT2D eigenvalue weighted by molar-refractivity contribution is -0.127. The summed E-state index contributed by atoms with van der Waals surface area (Å²) in [4.78, 5) is 28.0. The summed E-state index contributed by atoms with van der Waals surface area (Å²) in [5, 5.41) is 3.00. The highest BCUT2D eigenvalue weighted by atomic mass is 16.2. The van der Waals surface area contributed by atoms with Gasteiger partial charge in [-0.3, -0.25) is 9.59 Å². The minimum Gasteiger partial charge on any atom is -0.382 e. The smallest absolute Gasteiger partial charge is 0.253 e. The van der Waals surface area contributed by atoms with Gasteiger partial charge in [0.05, 0.1) is 6.54 Å². The predicted octanol–water partition coefficient (Wildman–Crippen LogP) is 3.03. The van der Waals surface area contributed by atoms with E-state index in [1.54, 1.807) is 36.2 Å². The first-order valence-electron chi connectivity index (χ1n) is 8.86. The molecule has 0 bridgehead atoms. The lowest BCUT2D eigenvalue weighted by Crippen LogP contribution is -2.33. The number of nitrogens with zero attached hydrogens (tertiary/aromatic N) is 2. The summed E-state index contributed by atoms with van der Waals surface area (Å²) < 4.78 is 0. The number of hydrogen-bond acceptors (Lipinski definition) is 3. The third-order valence-electron chi connectivity index (χ3n) is 4.19. The summed E-state index contributed by atoms with van der Waals surface area (Å²) in [6.07, 6.45) is 7.38. The van der Waals surface area contributed by atoms with E-state index in [4.69, 9.17) is 0 Å². The van der Waals surface area contributed by atoms with E-state index in [1.165, 1.54) is 0 Å². The van der Waals surface area contributed by atoms with Gasteiger partial charge in [0.25, 0.3) is 5.91 Å². The number of amides is 2. The van der Waals surface area contributed by atoms with Gasteiger partial charge >= 0.3 is 0 Å². The highest BCUT2D eigenvalue weighted by Gasteiger charge is 2.16. The summed E-state index contributed by atoms with van der Waals surface area (Å²) >= 11 is 0. The second kappa shape index (κ2) is 9.04. The monoisotopic (exact) mass is 353 g/mol. The molecule has 0 atom stereocenters. The first-order chi connectivity index (χ1) is 12.4. The summed E-state index contributed by atoms with van der Waals surface area (Å²) in [5.41, 5.74) is 3.09. The zero-order valence-corrected chi connectivity index (χ0v) is 15.8. The Labute approximate surface area is 155 Å². The molecule has 0 fully saturated rings. The molecule has 26 heavy (non-hydrogen) atoms. The molecular weight excluding hydrogens is 326 g/mol. The Kier molecular flexibility index (Phi) is 6.78. The molecule has 2 rings (SSSR count). The minimum atomic E-state index is -0.0581. The van der Waals surface area contributed by atoms with Crippen LogP contribution in [0.25, 0.3) is 5.57 Å². The van der Waals surface area contributed by atoms with Crippen molar-refractivity contribution in [3.63, 3.8) is 0 Å². The van der Waals surface area contributed by atoms with E-state index in [0.717, 1.165) is 29.6 Å². The van der Waals surface area contributed by atoms with Crippen molar-refractivity contribution >= 4 is 17.4 Å². The van der Waals surface area contributed by atoms with Crippen LogP contribution in [0.3, 0.4) is 0 Å². The van der Waals surface area contributed by atoms with Crippen molar-refractivity contribution in [2.45, 2.75) is 19.8 Å². The normalized spacial score (nSPS) is 18.1. The van der Waals surface area contributed by atoms with Crippen molar-refractivity contribution < 1.29 is 9.59 Å². The zero-order chi connectivity index (χ0) is 19.1. The molecule has 2 amide bonds. The molecule has 0 radical (unpaired) electrons. The molecule has 5 heteroatoms. The number of benzene rings is 1. The van der Waals surface area contributed by atoms with Crippen molar-refractivity contribution in [3.05, 3.63) is 66.0 Å². The molecular formula is C21H27N3O2. The van der Waals surface area contributed by atoms with Gasteiger partial charge in [0.2, 0.25) is 5.91 Å². The van der Waals surface area contributed by atoms with Gasteiger partial charge in [0, 0.05) is 38.0 Å². The molecule has 0 spiro atoms. The first kappa shape index (κ1) is 19.5. The van der Waals surface area contributed by atoms with E-state index in [9.17, 15) is 9.59 Å². The number of unbranched alkanes of at least 4 members (excludes halogenated alkanes) is 1. The van der Waals surface area contributed by atoms with E-state index < -0.39 is 0 Å². The Morgan fingerprint density at radius 3 is 2.81 bits per heavy atom. The van der Waals surface area contributed by atoms with Crippen molar-refractivity contribution in [1.82, 2.24) is 15.1 Å². The van der Waals surface area contributed by atoms with Crippen LogP contribution < -0.4 is 5.32 Å². The maximum Gasteiger partial charge on any atom is 0.253 e. The average Bonchev–Trinajstić information content (AvgIpc) is 2.70. The number of rotatable bonds is 5. The highest BCUT2D eigenvalue weighted by Crippen LogP contribution is 2.25. The van der Waals surface area contributed by atoms with E-state index >= 15 is 0 Å². The third-order valence-corrected chi connectivity index (χ3v) is 4.19. The molecule has 1 aromatic carbocycles. The number of allylic oxidation sites excluding steroid dienone is 3. The van der Waals surface area contributed by atoms with Gasteiger partial charge in [-0.05, 0) is 42.0 Å². The van der Waals surface area contributed by atoms with Gasteiger partial charge in [0.15, 0.2) is 0 Å². The van der Waals surface area contributed by atoms with E-state index in [1.807, 2.05) is 30.5 Å². The Morgan fingerprint density at radius 2 is 2.12 bits per heavy atom. The molecule has 0 saturated carbocycles. The second-order valence-corrected chi connectivity index (χ2v) is 6.50. The fourth-order valence-corrected chi connectivity index (χ4v) is 2.66. The van der Waals surface area contributed by atoms with Crippen molar-refractivity contribution in [1.29, 1.82) is 0 Å². The largest absolute Gasteiger partial charge is 0.382 e. The van der Waals surface area contributed by atoms with Crippen LogP contribution in [-0.4, -0.2) is 48.8 Å². The number of carbonyl (C=O) groups excluding carboxylic acids is 2. The van der Waals surface area contributed by atoms with Gasteiger partial charge < -0.3 is 15.1 Å². The predicted molar refractivity (Wildman–Crippen MR) is 105 cm³/mol. The SMILES string of the molecule is C=C1/C=C\NCC(=O)N(CCCC)/C=C\1c1cccc(C(=O)N(C)C)c1. The Bertz CT molecular complexity index is 747. The highest BCUT2D eigenvalue weighted by molar-refractivity contribution is 5.95. The fourth-order valence-electron chi connectivity index (χ4n) is 2.66. The molecule has 1 aliphatic heterocycles. The molecule has 1 N–H and O–H groups in total. The standard InChI is InChI=1S/C21H27N3O2/c1-5-6-12-24-15-19(16(2)10-11-22-14-20(24)25)17-8-7-9-18(13-17)21(26)23(3)4/h7-11,13,15,22H,2,5-6,12,14H2,1,3-4H3/b11-10-,19-15+. The van der Waals surface area contributed by atoms with Gasteiger partial charge in [-0.15, -0.1) is 0 Å². The fraction of sp³-hybridized carbons (Fsp3) is 0.333. The number of carbonyl (C=O) groups is 2. The van der Waals surface area contributed by atoms with Crippen LogP contribution in [0.2, 0.25) is 0 Å². The summed E-state index contributed by atoms with van der Waals surface area (Å²) in [6, 6.07) is 7.43. The van der Waals surface area contributed by atoms with Gasteiger partial charge in [-0.25, -0.2) is 0 Å². The molecule has 1 aromatic rings. The van der Waals surface area contributed by atoms with Gasteiger partial charge in [-0.1, -0.05) is 32.1 Å². The van der Waals surface area contributed by atoms with Crippen LogP contribution in [-0.2, 0) is 4.79 Å². The average molecular weight is 353 g/mol. The Morgan fingerprint density at radius 1 is 1.35 bits per heavy atom. The molecule has 1 heterocycles. The van der Waals surface area contributed by atoms with Crippen molar-refractivity contribution in [3.8, 4) is 0 Å². The summed E-state index contributed by atoms with van der Waals surface area (Å²) in [7, 11) is 3.46. The third kappa shape index (κ3) is 4.85. The van der Waals surface area contributed by atoms with Crippen LogP contribution in [0.1, 0.15) is 35.7 Å². The summed E-state index contributed by atoms with van der Waals surface area (Å²) in [5.74, 6) is -0.0481. The Balaban J connectivity index is 2.48. The molecule has 1 aliphatic rings. The molecule has 0 aromatic heterocycles. The van der Waals surface area contributed by atoms with Crippen LogP contribution >= 0.6 is 0 Å². The minimum absolute atomic E-state index is 0.0100. The quantitative estimate of drug-likeness (QED) is 0.885. The van der Waals surface area contributed by atoms with Gasteiger partial charge in [0.1, 0.15) is 0 Å². The molecule has 138 valence electrons. The second-order valence-electron chi connectivity index (χ2n) is 6.50. The van der Waals surface area contributed by atoms with E-state index in [0.29, 0.717) is 12.1 Å². The van der Waals surface area contributed by atoms with E-state index in [-0.39, 0.29) is 18.4 Å². The molecule has 0 unspecified atom stereocenters. The Hall–Kier alpha value is -2.82. The van der Waals surface area contributed by atoms with Crippen LogP contribution in [0.15, 0.2) is 54.9 Å².